The lowest BCUT2D eigenvalue weighted by atomic mass is 9.85. The van der Waals surface area contributed by atoms with Gasteiger partial charge in [0.1, 0.15) is 0 Å². The van der Waals surface area contributed by atoms with E-state index in [1.54, 1.807) is 0 Å². The molecule has 3 N–H and O–H groups in total. The number of halogens is 2. The Morgan fingerprint density at radius 2 is 1.62 bits per heavy atom. The molecule has 1 saturated carbocycles. The van der Waals surface area contributed by atoms with E-state index in [1.165, 1.54) is 0 Å². The lowest BCUT2D eigenvalue weighted by Crippen LogP contribution is -2.48. The molecular formula is C15H33Cl2N3O. The molecule has 1 aliphatic carbocycles. The van der Waals surface area contributed by atoms with Crippen LogP contribution in [0, 0.1) is 5.41 Å². The third-order valence-corrected chi connectivity index (χ3v) is 4.42. The van der Waals surface area contributed by atoms with Gasteiger partial charge in [0.15, 0.2) is 0 Å². The third kappa shape index (κ3) is 6.31. The molecule has 0 spiro atoms. The fraction of sp³-hybridized carbons (Fsp3) is 0.933. The highest BCUT2D eigenvalue weighted by atomic mass is 35.5. The summed E-state index contributed by atoms with van der Waals surface area (Å²) in [5.74, 6) is 0.167. The zero-order valence-corrected chi connectivity index (χ0v) is 15.5. The number of amides is 1. The monoisotopic (exact) mass is 341 g/mol. The highest BCUT2D eigenvalue weighted by Gasteiger charge is 2.39. The van der Waals surface area contributed by atoms with Crippen LogP contribution in [0.3, 0.4) is 0 Å². The molecule has 4 nitrogen and oxygen atoms in total. The van der Waals surface area contributed by atoms with Crippen molar-refractivity contribution in [2.75, 3.05) is 19.6 Å². The zero-order chi connectivity index (χ0) is 14.5. The van der Waals surface area contributed by atoms with E-state index < -0.39 is 0 Å². The van der Waals surface area contributed by atoms with Crippen molar-refractivity contribution in [3.05, 3.63) is 0 Å². The van der Waals surface area contributed by atoms with Gasteiger partial charge in [0.05, 0.1) is 5.41 Å². The van der Waals surface area contributed by atoms with Gasteiger partial charge < -0.3 is 11.1 Å². The number of carbonyl (C=O) groups excluding carboxylic acids is 1. The van der Waals surface area contributed by atoms with Gasteiger partial charge in [-0.2, -0.15) is 0 Å². The molecule has 0 unspecified atom stereocenters. The normalized spacial score (nSPS) is 16.8. The summed E-state index contributed by atoms with van der Waals surface area (Å²) in [6, 6.07) is 1.01. The van der Waals surface area contributed by atoms with E-state index in [1.807, 2.05) is 0 Å². The second kappa shape index (κ2) is 10.7. The molecule has 1 aliphatic rings. The summed E-state index contributed by atoms with van der Waals surface area (Å²) < 4.78 is 0. The minimum absolute atomic E-state index is 0. The fourth-order valence-electron chi connectivity index (χ4n) is 3.17. The maximum atomic E-state index is 12.3. The average molecular weight is 342 g/mol. The summed E-state index contributed by atoms with van der Waals surface area (Å²) in [5.41, 5.74) is 5.55. The van der Waals surface area contributed by atoms with Gasteiger partial charge in [-0.05, 0) is 40.5 Å². The van der Waals surface area contributed by atoms with Crippen molar-refractivity contribution in [1.82, 2.24) is 10.2 Å². The summed E-state index contributed by atoms with van der Waals surface area (Å²) in [5, 5.41) is 3.10. The van der Waals surface area contributed by atoms with E-state index in [4.69, 9.17) is 5.73 Å². The van der Waals surface area contributed by atoms with E-state index in [-0.39, 0.29) is 36.1 Å². The smallest absolute Gasteiger partial charge is 0.227 e. The van der Waals surface area contributed by atoms with Crippen LogP contribution >= 0.6 is 24.8 Å². The Bertz CT molecular complexity index is 285. The first-order chi connectivity index (χ1) is 8.93. The number of nitrogens with one attached hydrogen (secondary N) is 1. The van der Waals surface area contributed by atoms with Crippen LogP contribution in [0.5, 0.6) is 0 Å². The quantitative estimate of drug-likeness (QED) is 0.748. The lowest BCUT2D eigenvalue weighted by molar-refractivity contribution is -0.130. The fourth-order valence-corrected chi connectivity index (χ4v) is 3.17. The number of carbonyl (C=O) groups is 1. The molecule has 128 valence electrons. The summed E-state index contributed by atoms with van der Waals surface area (Å²) in [7, 11) is 0. The highest BCUT2D eigenvalue weighted by molar-refractivity contribution is 5.85. The SMILES string of the molecule is CC(C)N(CCNC(=O)C1(CN)CCCC1)C(C)C.Cl.Cl. The molecule has 0 radical (unpaired) electrons. The number of hydrogen-bond acceptors (Lipinski definition) is 3. The summed E-state index contributed by atoms with van der Waals surface area (Å²) in [6.45, 7) is 10.9. The standard InChI is InChI=1S/C15H31N3O.2ClH/c1-12(2)18(13(3)4)10-9-17-14(19)15(11-16)7-5-6-8-15;;/h12-13H,5-11,16H2,1-4H3,(H,17,19);2*1H. The Hall–Kier alpha value is -0.0300. The molecule has 1 amide bonds. The first-order valence-corrected chi connectivity index (χ1v) is 7.67. The molecule has 21 heavy (non-hydrogen) atoms. The van der Waals surface area contributed by atoms with Crippen LogP contribution in [0.25, 0.3) is 0 Å². The van der Waals surface area contributed by atoms with Crippen molar-refractivity contribution in [3.8, 4) is 0 Å². The Morgan fingerprint density at radius 3 is 2.00 bits per heavy atom. The van der Waals surface area contributed by atoms with E-state index in [2.05, 4.69) is 37.9 Å². The Kier molecular flexibility index (Phi) is 11.8. The molecule has 0 aliphatic heterocycles. The lowest BCUT2D eigenvalue weighted by Gasteiger charge is -2.31. The average Bonchev–Trinajstić information content (AvgIpc) is 2.83. The van der Waals surface area contributed by atoms with Gasteiger partial charge in [0.2, 0.25) is 5.91 Å². The van der Waals surface area contributed by atoms with Crippen LogP contribution in [0.4, 0.5) is 0 Å². The van der Waals surface area contributed by atoms with Crippen LogP contribution in [0.2, 0.25) is 0 Å². The maximum Gasteiger partial charge on any atom is 0.227 e. The predicted octanol–water partition coefficient (Wildman–Crippen LogP) is 2.58. The van der Waals surface area contributed by atoms with Gasteiger partial charge in [-0.1, -0.05) is 12.8 Å². The number of rotatable bonds is 7. The van der Waals surface area contributed by atoms with E-state index in [0.29, 0.717) is 18.6 Å². The van der Waals surface area contributed by atoms with Crippen molar-refractivity contribution >= 4 is 30.7 Å². The van der Waals surface area contributed by atoms with E-state index in [0.717, 1.165) is 38.8 Å². The Labute approximate surface area is 142 Å². The number of nitrogens with zero attached hydrogens (tertiary/aromatic N) is 1. The van der Waals surface area contributed by atoms with Crippen LogP contribution in [0.1, 0.15) is 53.4 Å². The van der Waals surface area contributed by atoms with Gasteiger partial charge >= 0.3 is 0 Å². The van der Waals surface area contributed by atoms with Crippen molar-refractivity contribution in [1.29, 1.82) is 0 Å². The molecule has 6 heteroatoms. The molecule has 0 atom stereocenters. The van der Waals surface area contributed by atoms with Crippen molar-refractivity contribution < 1.29 is 4.79 Å². The first-order valence-electron chi connectivity index (χ1n) is 7.67. The molecule has 0 aromatic carbocycles. The van der Waals surface area contributed by atoms with E-state index >= 15 is 0 Å². The molecule has 0 bridgehead atoms. The molecule has 0 heterocycles. The minimum atomic E-state index is -0.277. The molecule has 0 saturated heterocycles. The first kappa shape index (κ1) is 23.2. The topological polar surface area (TPSA) is 58.4 Å². The van der Waals surface area contributed by atoms with E-state index in [9.17, 15) is 4.79 Å². The molecule has 0 aromatic rings. The van der Waals surface area contributed by atoms with Gasteiger partial charge in [0.25, 0.3) is 0 Å². The molecule has 0 aromatic heterocycles. The van der Waals surface area contributed by atoms with Crippen molar-refractivity contribution in [3.63, 3.8) is 0 Å². The van der Waals surface area contributed by atoms with Crippen LogP contribution in [-0.4, -0.2) is 42.5 Å². The minimum Gasteiger partial charge on any atom is -0.354 e. The Morgan fingerprint density at radius 1 is 1.14 bits per heavy atom. The van der Waals surface area contributed by atoms with Crippen molar-refractivity contribution in [2.45, 2.75) is 65.5 Å². The Balaban J connectivity index is 0. The maximum absolute atomic E-state index is 12.3. The van der Waals surface area contributed by atoms with Crippen LogP contribution in [-0.2, 0) is 4.79 Å². The van der Waals surface area contributed by atoms with Gasteiger partial charge in [-0.3, -0.25) is 9.69 Å². The van der Waals surface area contributed by atoms with Crippen LogP contribution in [0.15, 0.2) is 0 Å². The third-order valence-electron chi connectivity index (χ3n) is 4.42. The predicted molar refractivity (Wildman–Crippen MR) is 94.4 cm³/mol. The second-order valence-corrected chi connectivity index (χ2v) is 6.37. The van der Waals surface area contributed by atoms with Gasteiger partial charge in [0, 0.05) is 31.7 Å². The van der Waals surface area contributed by atoms with Crippen LogP contribution < -0.4 is 11.1 Å². The summed E-state index contributed by atoms with van der Waals surface area (Å²) in [6.07, 6.45) is 4.17. The molecule has 1 rings (SSSR count). The molecule has 1 fully saturated rings. The van der Waals surface area contributed by atoms with Gasteiger partial charge in [-0.25, -0.2) is 0 Å². The number of hydrogen-bond donors (Lipinski definition) is 2. The van der Waals surface area contributed by atoms with Crippen molar-refractivity contribution in [2.24, 2.45) is 11.1 Å². The zero-order valence-electron chi connectivity index (χ0n) is 13.9. The number of nitrogens with two attached hydrogens (primary N) is 1. The van der Waals surface area contributed by atoms with Gasteiger partial charge in [-0.15, -0.1) is 24.8 Å². The molecular weight excluding hydrogens is 309 g/mol. The summed E-state index contributed by atoms with van der Waals surface area (Å²) in [4.78, 5) is 14.7. The largest absolute Gasteiger partial charge is 0.354 e. The second-order valence-electron chi connectivity index (χ2n) is 6.37. The summed E-state index contributed by atoms with van der Waals surface area (Å²) >= 11 is 0. The highest BCUT2D eigenvalue weighted by Crippen LogP contribution is 2.37.